The van der Waals surface area contributed by atoms with Gasteiger partial charge in [-0.3, -0.25) is 4.79 Å². The van der Waals surface area contributed by atoms with Gasteiger partial charge in [-0.15, -0.1) is 0 Å². The Kier molecular flexibility index (Phi) is 5.44. The van der Waals surface area contributed by atoms with Crippen molar-refractivity contribution in [3.05, 3.63) is 59.4 Å². The molecule has 0 N–H and O–H groups in total. The molecule has 2 aromatic rings. The molecule has 2 heterocycles. The molecule has 0 aromatic heterocycles. The molecular formula is C22H25FN2O3S. The average molecular weight is 417 g/mol. The van der Waals surface area contributed by atoms with E-state index in [1.54, 1.807) is 10.4 Å². The summed E-state index contributed by atoms with van der Waals surface area (Å²) in [6.07, 6.45) is 4.26. The molecule has 29 heavy (non-hydrogen) atoms. The van der Waals surface area contributed by atoms with E-state index in [9.17, 15) is 17.6 Å². The van der Waals surface area contributed by atoms with Crippen LogP contribution < -0.4 is 4.90 Å². The first-order chi connectivity index (χ1) is 13.9. The van der Waals surface area contributed by atoms with E-state index in [1.165, 1.54) is 35.2 Å². The fourth-order valence-corrected chi connectivity index (χ4v) is 6.00. The van der Waals surface area contributed by atoms with Crippen LogP contribution in [-0.2, 0) is 16.4 Å². The van der Waals surface area contributed by atoms with Crippen LogP contribution >= 0.6 is 0 Å². The van der Waals surface area contributed by atoms with Crippen molar-refractivity contribution in [2.75, 3.05) is 18.0 Å². The van der Waals surface area contributed by atoms with Crippen molar-refractivity contribution in [2.24, 2.45) is 0 Å². The van der Waals surface area contributed by atoms with E-state index in [1.807, 2.05) is 13.0 Å². The van der Waals surface area contributed by atoms with Crippen LogP contribution in [0.2, 0.25) is 0 Å². The van der Waals surface area contributed by atoms with Crippen LogP contribution in [0.1, 0.15) is 48.5 Å². The first-order valence-electron chi connectivity index (χ1n) is 10.1. The Hall–Kier alpha value is -2.25. The molecular weight excluding hydrogens is 391 g/mol. The number of nitrogens with zero attached hydrogens (tertiary/aromatic N) is 2. The van der Waals surface area contributed by atoms with Crippen molar-refractivity contribution in [3.63, 3.8) is 0 Å². The topological polar surface area (TPSA) is 57.7 Å². The first kappa shape index (κ1) is 20.0. The summed E-state index contributed by atoms with van der Waals surface area (Å²) >= 11 is 0. The normalized spacial score (nSPS) is 20.3. The van der Waals surface area contributed by atoms with Crippen LogP contribution in [0.5, 0.6) is 0 Å². The molecule has 4 rings (SSSR count). The Morgan fingerprint density at radius 3 is 2.52 bits per heavy atom. The number of fused-ring (bicyclic) bond motifs is 1. The van der Waals surface area contributed by atoms with E-state index in [2.05, 4.69) is 0 Å². The van der Waals surface area contributed by atoms with E-state index >= 15 is 0 Å². The molecule has 0 bridgehead atoms. The number of hydrogen-bond acceptors (Lipinski definition) is 3. The molecule has 154 valence electrons. The van der Waals surface area contributed by atoms with E-state index in [0.717, 1.165) is 37.7 Å². The summed E-state index contributed by atoms with van der Waals surface area (Å²) in [4.78, 5) is 14.7. The minimum atomic E-state index is -3.59. The minimum Gasteiger partial charge on any atom is -0.305 e. The lowest BCUT2D eigenvalue weighted by Gasteiger charge is -2.32. The largest absolute Gasteiger partial charge is 0.305 e. The zero-order chi connectivity index (χ0) is 20.6. The molecule has 2 aliphatic rings. The first-order valence-corrected chi connectivity index (χ1v) is 11.5. The molecule has 2 aliphatic heterocycles. The second-order valence-electron chi connectivity index (χ2n) is 7.79. The average Bonchev–Trinajstić information content (AvgIpc) is 2.73. The molecule has 0 saturated carbocycles. The highest BCUT2D eigenvalue weighted by molar-refractivity contribution is 7.89. The second kappa shape index (κ2) is 7.88. The van der Waals surface area contributed by atoms with Gasteiger partial charge < -0.3 is 4.90 Å². The van der Waals surface area contributed by atoms with Crippen LogP contribution in [0.4, 0.5) is 10.1 Å². The maximum absolute atomic E-state index is 14.4. The van der Waals surface area contributed by atoms with E-state index in [0.29, 0.717) is 24.3 Å². The van der Waals surface area contributed by atoms with Gasteiger partial charge in [-0.25, -0.2) is 12.8 Å². The molecule has 0 radical (unpaired) electrons. The summed E-state index contributed by atoms with van der Waals surface area (Å²) in [6.45, 7) is 2.89. The Bertz CT molecular complexity index is 1020. The van der Waals surface area contributed by atoms with Crippen molar-refractivity contribution in [3.8, 4) is 0 Å². The highest BCUT2D eigenvalue weighted by Gasteiger charge is 2.31. The zero-order valence-electron chi connectivity index (χ0n) is 16.5. The maximum Gasteiger partial charge on any atom is 0.258 e. The Labute approximate surface area is 171 Å². The zero-order valence-corrected chi connectivity index (χ0v) is 17.3. The number of para-hydroxylation sites is 1. The van der Waals surface area contributed by atoms with Gasteiger partial charge in [-0.05, 0) is 68.5 Å². The molecule has 7 heteroatoms. The number of amides is 1. The number of rotatable bonds is 3. The quantitative estimate of drug-likeness (QED) is 0.760. The lowest BCUT2D eigenvalue weighted by molar-refractivity contribution is 0.0984. The van der Waals surface area contributed by atoms with Crippen LogP contribution in [0.15, 0.2) is 47.4 Å². The maximum atomic E-state index is 14.4. The summed E-state index contributed by atoms with van der Waals surface area (Å²) in [5.74, 6) is -0.722. The van der Waals surface area contributed by atoms with E-state index in [-0.39, 0.29) is 16.8 Å². The van der Waals surface area contributed by atoms with Crippen molar-refractivity contribution in [1.82, 2.24) is 4.31 Å². The van der Waals surface area contributed by atoms with Gasteiger partial charge in [0.25, 0.3) is 5.91 Å². The highest BCUT2D eigenvalue weighted by Crippen LogP contribution is 2.31. The number of benzene rings is 2. The molecule has 5 nitrogen and oxygen atoms in total. The summed E-state index contributed by atoms with van der Waals surface area (Å²) in [6, 6.07) is 10.9. The van der Waals surface area contributed by atoms with Gasteiger partial charge in [0.1, 0.15) is 5.82 Å². The number of sulfonamides is 1. The highest BCUT2D eigenvalue weighted by atomic mass is 32.2. The summed E-state index contributed by atoms with van der Waals surface area (Å²) in [5.41, 5.74) is 1.51. The van der Waals surface area contributed by atoms with E-state index < -0.39 is 15.8 Å². The molecule has 1 unspecified atom stereocenters. The van der Waals surface area contributed by atoms with Crippen LogP contribution in [0.25, 0.3) is 0 Å². The van der Waals surface area contributed by atoms with E-state index in [4.69, 9.17) is 0 Å². The third-order valence-electron chi connectivity index (χ3n) is 5.86. The number of carbonyl (C=O) groups is 1. The molecule has 1 fully saturated rings. The number of hydrogen-bond donors (Lipinski definition) is 0. The number of halogens is 1. The minimum absolute atomic E-state index is 0.0251. The Balaban J connectivity index is 1.60. The number of piperidine rings is 1. The van der Waals surface area contributed by atoms with Gasteiger partial charge in [0.2, 0.25) is 10.0 Å². The lowest BCUT2D eigenvalue weighted by Crippen LogP contribution is -2.41. The second-order valence-corrected chi connectivity index (χ2v) is 9.68. The summed E-state index contributed by atoms with van der Waals surface area (Å²) in [7, 11) is -3.59. The fraction of sp³-hybridized carbons (Fsp3) is 0.409. The van der Waals surface area contributed by atoms with Crippen molar-refractivity contribution < 1.29 is 17.6 Å². The van der Waals surface area contributed by atoms with Crippen LogP contribution in [0.3, 0.4) is 0 Å². The van der Waals surface area contributed by atoms with Gasteiger partial charge in [0, 0.05) is 24.7 Å². The van der Waals surface area contributed by atoms with Gasteiger partial charge >= 0.3 is 0 Å². The lowest BCUT2D eigenvalue weighted by atomic mass is 10.0. The Morgan fingerprint density at radius 2 is 1.79 bits per heavy atom. The molecule has 1 atom stereocenters. The molecule has 0 aliphatic carbocycles. The number of carbonyl (C=O) groups excluding carboxylic acids is 1. The van der Waals surface area contributed by atoms with Gasteiger partial charge in [0.15, 0.2) is 0 Å². The van der Waals surface area contributed by atoms with Crippen LogP contribution in [-0.4, -0.2) is 37.8 Å². The number of anilines is 1. The molecule has 0 spiro atoms. The van der Waals surface area contributed by atoms with Gasteiger partial charge in [0.05, 0.1) is 10.6 Å². The SMILES string of the molecule is CC1CCCCN1S(=O)(=O)c1ccc(C(=O)N2CCCc3cccc(F)c32)cc1. The van der Waals surface area contributed by atoms with Crippen molar-refractivity contribution >= 4 is 21.6 Å². The predicted molar refractivity (Wildman–Crippen MR) is 110 cm³/mol. The van der Waals surface area contributed by atoms with Crippen LogP contribution in [0, 0.1) is 5.82 Å². The van der Waals surface area contributed by atoms with Crippen molar-refractivity contribution in [1.29, 1.82) is 0 Å². The summed E-state index contributed by atoms with van der Waals surface area (Å²) in [5, 5.41) is 0. The molecule has 1 amide bonds. The standard InChI is InChI=1S/C22H25FN2O3S/c1-16-6-2-3-15-25(16)29(27,28)19-12-10-18(11-13-19)22(26)24-14-5-8-17-7-4-9-20(23)21(17)24/h4,7,9-13,16H,2-3,5-6,8,14-15H2,1H3. The predicted octanol–water partition coefficient (Wildman–Crippen LogP) is 3.98. The molecule has 2 aromatic carbocycles. The smallest absolute Gasteiger partial charge is 0.258 e. The summed E-state index contributed by atoms with van der Waals surface area (Å²) < 4.78 is 41.9. The number of aryl methyl sites for hydroxylation is 1. The Morgan fingerprint density at radius 1 is 1.03 bits per heavy atom. The third-order valence-corrected chi connectivity index (χ3v) is 7.89. The van der Waals surface area contributed by atoms with Gasteiger partial charge in [-0.1, -0.05) is 18.6 Å². The monoisotopic (exact) mass is 416 g/mol. The fourth-order valence-electron chi connectivity index (χ4n) is 4.30. The van der Waals surface area contributed by atoms with Crippen molar-refractivity contribution in [2.45, 2.75) is 50.0 Å². The third kappa shape index (κ3) is 3.69. The van der Waals surface area contributed by atoms with Gasteiger partial charge in [-0.2, -0.15) is 4.31 Å². The molecule has 1 saturated heterocycles.